The van der Waals surface area contributed by atoms with Gasteiger partial charge in [0.2, 0.25) is 5.91 Å². The number of aromatic nitrogens is 4. The van der Waals surface area contributed by atoms with Crippen LogP contribution in [0.3, 0.4) is 0 Å². The first-order valence-electron chi connectivity index (χ1n) is 11.3. The maximum absolute atomic E-state index is 13.2. The van der Waals surface area contributed by atoms with Crippen molar-refractivity contribution in [2.45, 2.75) is 19.9 Å². The molecule has 2 aliphatic heterocycles. The summed E-state index contributed by atoms with van der Waals surface area (Å²) < 4.78 is 14.9. The van der Waals surface area contributed by atoms with Crippen LogP contribution < -0.4 is 4.90 Å². The minimum atomic E-state index is -0.360. The van der Waals surface area contributed by atoms with E-state index < -0.39 is 0 Å². The summed E-state index contributed by atoms with van der Waals surface area (Å²) in [7, 11) is 1.85. The van der Waals surface area contributed by atoms with Gasteiger partial charge < -0.3 is 14.7 Å². The molecule has 0 radical (unpaired) electrons. The molecule has 0 aliphatic carbocycles. The number of aryl methyl sites for hydroxylation is 1. The summed E-state index contributed by atoms with van der Waals surface area (Å²) in [6.45, 7) is 4.91. The Morgan fingerprint density at radius 1 is 0.941 bits per heavy atom. The fourth-order valence-corrected chi connectivity index (χ4v) is 4.45. The highest BCUT2D eigenvalue weighted by atomic mass is 19.1. The van der Waals surface area contributed by atoms with Crippen molar-refractivity contribution in [3.05, 3.63) is 59.4 Å². The predicted octanol–water partition coefficient (Wildman–Crippen LogP) is 1.88. The monoisotopic (exact) mass is 463 g/mol. The lowest BCUT2D eigenvalue weighted by atomic mass is 10.1. The second-order valence-electron chi connectivity index (χ2n) is 8.67. The van der Waals surface area contributed by atoms with Gasteiger partial charge >= 0.3 is 0 Å². The topological polar surface area (TPSA) is 87.5 Å². The van der Waals surface area contributed by atoms with Gasteiger partial charge in [-0.25, -0.2) is 14.4 Å². The molecule has 1 aromatic carbocycles. The van der Waals surface area contributed by atoms with Gasteiger partial charge in [0.25, 0.3) is 5.91 Å². The zero-order valence-electron chi connectivity index (χ0n) is 19.2. The second kappa shape index (κ2) is 8.85. The number of benzene rings is 1. The van der Waals surface area contributed by atoms with E-state index in [-0.39, 0.29) is 17.6 Å². The zero-order chi connectivity index (χ0) is 23.8. The highest BCUT2D eigenvalue weighted by Crippen LogP contribution is 2.31. The molecule has 4 heterocycles. The normalized spacial score (nSPS) is 15.9. The SMILES string of the molecule is CC(=O)N1CCc2nc(N3CCN(C(=O)c4ccc(F)cc4)CC3)c(-c3cnn(C)c3)nc2C1. The second-order valence-corrected chi connectivity index (χ2v) is 8.67. The number of halogens is 1. The number of carbonyl (C=O) groups excluding carboxylic acids is 2. The van der Waals surface area contributed by atoms with E-state index in [1.807, 2.05) is 13.2 Å². The maximum atomic E-state index is 13.2. The molecule has 0 bridgehead atoms. The van der Waals surface area contributed by atoms with E-state index in [4.69, 9.17) is 9.97 Å². The van der Waals surface area contributed by atoms with E-state index >= 15 is 0 Å². The van der Waals surface area contributed by atoms with Crippen LogP contribution in [0.25, 0.3) is 11.3 Å². The average Bonchev–Trinajstić information content (AvgIpc) is 3.29. The molecule has 5 rings (SSSR count). The molecule has 0 saturated carbocycles. The minimum absolute atomic E-state index is 0.0291. The molecule has 1 saturated heterocycles. The lowest BCUT2D eigenvalue weighted by molar-refractivity contribution is -0.129. The van der Waals surface area contributed by atoms with E-state index in [1.165, 1.54) is 24.3 Å². The fourth-order valence-electron chi connectivity index (χ4n) is 4.45. The van der Waals surface area contributed by atoms with Crippen LogP contribution in [0, 0.1) is 5.82 Å². The van der Waals surface area contributed by atoms with Gasteiger partial charge in [-0.1, -0.05) is 0 Å². The molecule has 1 fully saturated rings. The molecule has 10 heteroatoms. The number of piperazine rings is 1. The van der Waals surface area contributed by atoms with Gasteiger partial charge in [-0.05, 0) is 24.3 Å². The van der Waals surface area contributed by atoms with Crippen LogP contribution >= 0.6 is 0 Å². The van der Waals surface area contributed by atoms with E-state index in [0.717, 1.165) is 28.5 Å². The molecule has 34 heavy (non-hydrogen) atoms. The summed E-state index contributed by atoms with van der Waals surface area (Å²) in [5.74, 6) is 0.341. The van der Waals surface area contributed by atoms with Crippen molar-refractivity contribution in [2.75, 3.05) is 37.6 Å². The summed E-state index contributed by atoms with van der Waals surface area (Å²) >= 11 is 0. The lowest BCUT2D eigenvalue weighted by Crippen LogP contribution is -2.49. The van der Waals surface area contributed by atoms with Crippen molar-refractivity contribution < 1.29 is 14.0 Å². The molecule has 0 N–H and O–H groups in total. The van der Waals surface area contributed by atoms with Gasteiger partial charge in [-0.3, -0.25) is 14.3 Å². The zero-order valence-corrected chi connectivity index (χ0v) is 19.2. The third-order valence-corrected chi connectivity index (χ3v) is 6.37. The van der Waals surface area contributed by atoms with Crippen molar-refractivity contribution in [2.24, 2.45) is 7.05 Å². The summed E-state index contributed by atoms with van der Waals surface area (Å²) in [6.07, 6.45) is 4.32. The van der Waals surface area contributed by atoms with E-state index in [0.29, 0.717) is 51.3 Å². The van der Waals surface area contributed by atoms with Crippen LogP contribution in [0.15, 0.2) is 36.7 Å². The number of hydrogen-bond donors (Lipinski definition) is 0. The van der Waals surface area contributed by atoms with Crippen LogP contribution in [0.2, 0.25) is 0 Å². The first-order valence-corrected chi connectivity index (χ1v) is 11.3. The Hall–Kier alpha value is -3.82. The lowest BCUT2D eigenvalue weighted by Gasteiger charge is -2.37. The Kier molecular flexibility index (Phi) is 5.72. The van der Waals surface area contributed by atoms with Gasteiger partial charge in [-0.2, -0.15) is 5.10 Å². The number of anilines is 1. The number of carbonyl (C=O) groups is 2. The van der Waals surface area contributed by atoms with Crippen molar-refractivity contribution in [1.82, 2.24) is 29.5 Å². The van der Waals surface area contributed by atoms with Crippen molar-refractivity contribution in [3.8, 4) is 11.3 Å². The summed E-state index contributed by atoms with van der Waals surface area (Å²) in [5, 5.41) is 4.30. The average molecular weight is 464 g/mol. The molecule has 2 amide bonds. The van der Waals surface area contributed by atoms with Crippen molar-refractivity contribution in [3.63, 3.8) is 0 Å². The van der Waals surface area contributed by atoms with E-state index in [2.05, 4.69) is 10.00 Å². The number of rotatable bonds is 3. The Labute approximate surface area is 196 Å². The Balaban J connectivity index is 1.40. The third kappa shape index (κ3) is 4.23. The van der Waals surface area contributed by atoms with Crippen LogP contribution in [0.4, 0.5) is 10.2 Å². The number of hydrogen-bond acceptors (Lipinski definition) is 6. The van der Waals surface area contributed by atoms with Gasteiger partial charge in [0.05, 0.1) is 24.1 Å². The van der Waals surface area contributed by atoms with Gasteiger partial charge in [0.15, 0.2) is 5.82 Å². The quantitative estimate of drug-likeness (QED) is 0.590. The fraction of sp³-hybridized carbons (Fsp3) is 0.375. The molecule has 2 aliphatic rings. The molecule has 2 aromatic heterocycles. The summed E-state index contributed by atoms with van der Waals surface area (Å²) in [4.78, 5) is 40.4. The van der Waals surface area contributed by atoms with Crippen LogP contribution in [0.1, 0.15) is 28.7 Å². The van der Waals surface area contributed by atoms with Gasteiger partial charge in [-0.15, -0.1) is 0 Å². The van der Waals surface area contributed by atoms with Gasteiger partial charge in [0, 0.05) is 70.4 Å². The molecule has 0 spiro atoms. The number of amides is 2. The van der Waals surface area contributed by atoms with Crippen LogP contribution in [-0.4, -0.2) is 74.1 Å². The first-order chi connectivity index (χ1) is 16.4. The third-order valence-electron chi connectivity index (χ3n) is 6.37. The Morgan fingerprint density at radius 3 is 2.32 bits per heavy atom. The molecule has 9 nitrogen and oxygen atoms in total. The van der Waals surface area contributed by atoms with Crippen LogP contribution in [-0.2, 0) is 24.8 Å². The molecular weight excluding hydrogens is 437 g/mol. The number of fused-ring (bicyclic) bond motifs is 1. The predicted molar refractivity (Wildman–Crippen MR) is 124 cm³/mol. The van der Waals surface area contributed by atoms with Crippen LogP contribution in [0.5, 0.6) is 0 Å². The first kappa shape index (κ1) is 22.0. The van der Waals surface area contributed by atoms with E-state index in [1.54, 1.807) is 27.6 Å². The molecule has 0 unspecified atom stereocenters. The molecule has 3 aromatic rings. The summed E-state index contributed by atoms with van der Waals surface area (Å²) in [6, 6.07) is 5.65. The highest BCUT2D eigenvalue weighted by Gasteiger charge is 2.29. The van der Waals surface area contributed by atoms with E-state index in [9.17, 15) is 14.0 Å². The molecule has 176 valence electrons. The summed E-state index contributed by atoms with van der Waals surface area (Å²) in [5.41, 5.74) is 3.79. The largest absolute Gasteiger partial charge is 0.351 e. The highest BCUT2D eigenvalue weighted by molar-refractivity contribution is 5.94. The maximum Gasteiger partial charge on any atom is 0.253 e. The smallest absolute Gasteiger partial charge is 0.253 e. The molecular formula is C24H26FN7O2. The van der Waals surface area contributed by atoms with Crippen molar-refractivity contribution >= 4 is 17.6 Å². The minimum Gasteiger partial charge on any atom is -0.351 e. The Bertz CT molecular complexity index is 1230. The Morgan fingerprint density at radius 2 is 1.68 bits per heavy atom. The number of nitrogens with zero attached hydrogens (tertiary/aromatic N) is 7. The molecule has 0 atom stereocenters. The standard InChI is InChI=1S/C24H26FN7O2/c1-16(33)32-8-7-20-21(15-32)27-22(18-13-26-29(2)14-18)23(28-20)30-9-11-31(12-10-30)24(34)17-3-5-19(25)6-4-17/h3-6,13-14H,7-12,15H2,1-2H3. The van der Waals surface area contributed by atoms with Crippen molar-refractivity contribution in [1.29, 1.82) is 0 Å². The van der Waals surface area contributed by atoms with Gasteiger partial charge in [0.1, 0.15) is 11.5 Å².